The van der Waals surface area contributed by atoms with E-state index in [0.717, 1.165) is 19.6 Å². The molecule has 2 aliphatic heterocycles. The van der Waals surface area contributed by atoms with Gasteiger partial charge in [0.25, 0.3) is 0 Å². The fourth-order valence-electron chi connectivity index (χ4n) is 1.64. The monoisotopic (exact) mass is 140 g/mol. The van der Waals surface area contributed by atoms with Gasteiger partial charge in [0.15, 0.2) is 0 Å². The first-order chi connectivity index (χ1) is 4.97. The van der Waals surface area contributed by atoms with Crippen molar-refractivity contribution in [1.82, 2.24) is 15.5 Å². The molecule has 2 saturated heterocycles. The van der Waals surface area contributed by atoms with Gasteiger partial charge >= 0.3 is 0 Å². The van der Waals surface area contributed by atoms with Crippen LogP contribution in [0.4, 0.5) is 0 Å². The molecule has 2 N–H and O–H groups in total. The lowest BCUT2D eigenvalue weighted by Gasteiger charge is -2.39. The number of nitrogens with one attached hydrogen (secondary N) is 2. The Morgan fingerprint density at radius 2 is 2.20 bits per heavy atom. The van der Waals surface area contributed by atoms with E-state index in [9.17, 15) is 0 Å². The molecule has 2 heterocycles. The standard InChI is InChI=1S/C7H14N3/c1-3-10-4-2-9-6-7(10)5-8-1/h5,7-9H,1-4,6H2. The maximum atomic E-state index is 3.37. The normalized spacial score (nSPS) is 30.0. The number of hydrogen-bond donors (Lipinski definition) is 2. The Morgan fingerprint density at radius 3 is 3.10 bits per heavy atom. The maximum absolute atomic E-state index is 3.37. The van der Waals surface area contributed by atoms with E-state index in [1.807, 2.05) is 0 Å². The Morgan fingerprint density at radius 1 is 1.30 bits per heavy atom. The molecule has 0 aromatic heterocycles. The fraction of sp³-hybridized carbons (Fsp3) is 0.857. The number of piperazine rings is 2. The highest BCUT2D eigenvalue weighted by Crippen LogP contribution is 2.06. The minimum atomic E-state index is 0.641. The zero-order chi connectivity index (χ0) is 6.81. The van der Waals surface area contributed by atoms with Crippen molar-refractivity contribution in [1.29, 1.82) is 0 Å². The first-order valence-corrected chi connectivity index (χ1v) is 3.98. The first-order valence-electron chi connectivity index (χ1n) is 3.98. The van der Waals surface area contributed by atoms with Crippen LogP contribution in [0.5, 0.6) is 0 Å². The van der Waals surface area contributed by atoms with Gasteiger partial charge in [0.2, 0.25) is 0 Å². The molecule has 0 amide bonds. The Balaban J connectivity index is 1.93. The average Bonchev–Trinajstić information content (AvgIpc) is 2.05. The van der Waals surface area contributed by atoms with Crippen molar-refractivity contribution in [3.8, 4) is 0 Å². The van der Waals surface area contributed by atoms with Crippen LogP contribution < -0.4 is 10.6 Å². The van der Waals surface area contributed by atoms with Gasteiger partial charge in [-0.15, -0.1) is 0 Å². The summed E-state index contributed by atoms with van der Waals surface area (Å²) in [5.41, 5.74) is 0. The lowest BCUT2D eigenvalue weighted by Crippen LogP contribution is -2.57. The van der Waals surface area contributed by atoms with Crippen LogP contribution in [0.15, 0.2) is 0 Å². The summed E-state index contributed by atoms with van der Waals surface area (Å²) < 4.78 is 0. The van der Waals surface area contributed by atoms with Crippen LogP contribution in [-0.2, 0) is 0 Å². The van der Waals surface area contributed by atoms with E-state index in [2.05, 4.69) is 22.1 Å². The van der Waals surface area contributed by atoms with Crippen LogP contribution in [0.3, 0.4) is 0 Å². The number of nitrogens with zero attached hydrogens (tertiary/aromatic N) is 1. The highest BCUT2D eigenvalue weighted by molar-refractivity contribution is 4.92. The van der Waals surface area contributed by atoms with Gasteiger partial charge in [-0.3, -0.25) is 4.90 Å². The molecule has 0 spiro atoms. The molecule has 0 bridgehead atoms. The molecular weight excluding hydrogens is 126 g/mol. The van der Waals surface area contributed by atoms with Crippen LogP contribution in [0, 0.1) is 6.54 Å². The molecule has 0 aromatic rings. The van der Waals surface area contributed by atoms with Crippen molar-refractivity contribution < 1.29 is 0 Å². The van der Waals surface area contributed by atoms with E-state index in [1.54, 1.807) is 0 Å². The zero-order valence-corrected chi connectivity index (χ0v) is 6.14. The molecule has 0 saturated carbocycles. The van der Waals surface area contributed by atoms with E-state index in [-0.39, 0.29) is 0 Å². The Bertz CT molecular complexity index is 89.4. The van der Waals surface area contributed by atoms with Crippen LogP contribution in [0.2, 0.25) is 0 Å². The van der Waals surface area contributed by atoms with E-state index >= 15 is 0 Å². The first kappa shape index (κ1) is 6.58. The van der Waals surface area contributed by atoms with Crippen LogP contribution in [-0.4, -0.2) is 43.7 Å². The van der Waals surface area contributed by atoms with Gasteiger partial charge in [0, 0.05) is 45.3 Å². The largest absolute Gasteiger partial charge is 0.314 e. The molecule has 2 aliphatic rings. The van der Waals surface area contributed by atoms with Crippen LogP contribution in [0.1, 0.15) is 0 Å². The van der Waals surface area contributed by atoms with Crippen molar-refractivity contribution >= 4 is 0 Å². The number of fused-ring (bicyclic) bond motifs is 1. The third-order valence-electron chi connectivity index (χ3n) is 2.25. The van der Waals surface area contributed by atoms with Crippen molar-refractivity contribution in [2.75, 3.05) is 32.7 Å². The van der Waals surface area contributed by atoms with Gasteiger partial charge in [0.1, 0.15) is 0 Å². The van der Waals surface area contributed by atoms with Crippen molar-refractivity contribution in [3.05, 3.63) is 6.54 Å². The van der Waals surface area contributed by atoms with Crippen LogP contribution in [0.25, 0.3) is 0 Å². The zero-order valence-electron chi connectivity index (χ0n) is 6.14. The lowest BCUT2D eigenvalue weighted by atomic mass is 10.1. The molecule has 2 rings (SSSR count). The SMILES string of the molecule is [CH]1NCCN2CCNCC12. The molecule has 3 heteroatoms. The summed E-state index contributed by atoms with van der Waals surface area (Å²) in [4.78, 5) is 2.52. The molecule has 0 aromatic carbocycles. The quantitative estimate of drug-likeness (QED) is 0.453. The van der Waals surface area contributed by atoms with Crippen molar-refractivity contribution in [3.63, 3.8) is 0 Å². The summed E-state index contributed by atoms with van der Waals surface area (Å²) in [5, 5.41) is 6.65. The molecule has 2 fully saturated rings. The van der Waals surface area contributed by atoms with E-state index < -0.39 is 0 Å². The maximum Gasteiger partial charge on any atom is 0.0406 e. The fourth-order valence-corrected chi connectivity index (χ4v) is 1.64. The van der Waals surface area contributed by atoms with Gasteiger partial charge in [-0.2, -0.15) is 0 Å². The number of hydrogen-bond acceptors (Lipinski definition) is 3. The summed E-state index contributed by atoms with van der Waals surface area (Å²) in [6.07, 6.45) is 0. The second-order valence-electron chi connectivity index (χ2n) is 2.93. The molecule has 10 heavy (non-hydrogen) atoms. The lowest BCUT2D eigenvalue weighted by molar-refractivity contribution is 0.155. The van der Waals surface area contributed by atoms with Gasteiger partial charge in [0.05, 0.1) is 0 Å². The summed E-state index contributed by atoms with van der Waals surface area (Å²) in [6, 6.07) is 0.641. The van der Waals surface area contributed by atoms with Gasteiger partial charge in [-0.25, -0.2) is 0 Å². The predicted octanol–water partition coefficient (Wildman–Crippen LogP) is -0.975. The second-order valence-corrected chi connectivity index (χ2v) is 2.93. The molecule has 3 nitrogen and oxygen atoms in total. The molecular formula is C7H14N3. The summed E-state index contributed by atoms with van der Waals surface area (Å²) in [6.45, 7) is 8.02. The average molecular weight is 140 g/mol. The predicted molar refractivity (Wildman–Crippen MR) is 40.5 cm³/mol. The van der Waals surface area contributed by atoms with E-state index in [4.69, 9.17) is 0 Å². The highest BCUT2D eigenvalue weighted by Gasteiger charge is 2.24. The third-order valence-corrected chi connectivity index (χ3v) is 2.25. The van der Waals surface area contributed by atoms with Gasteiger partial charge in [-0.1, -0.05) is 0 Å². The third kappa shape index (κ3) is 1.17. The van der Waals surface area contributed by atoms with E-state index in [0.29, 0.717) is 6.04 Å². The minimum absolute atomic E-state index is 0.641. The minimum Gasteiger partial charge on any atom is -0.314 e. The summed E-state index contributed by atoms with van der Waals surface area (Å²) in [7, 11) is 0. The van der Waals surface area contributed by atoms with Crippen LogP contribution >= 0.6 is 0 Å². The Labute approximate surface area is 61.8 Å². The Hall–Kier alpha value is -0.120. The topological polar surface area (TPSA) is 27.3 Å². The van der Waals surface area contributed by atoms with Gasteiger partial charge in [-0.05, 0) is 0 Å². The van der Waals surface area contributed by atoms with Gasteiger partial charge < -0.3 is 10.6 Å². The molecule has 57 valence electrons. The highest BCUT2D eigenvalue weighted by atomic mass is 15.3. The molecule has 1 unspecified atom stereocenters. The van der Waals surface area contributed by atoms with Crippen molar-refractivity contribution in [2.24, 2.45) is 0 Å². The Kier molecular flexibility index (Phi) is 1.88. The smallest absolute Gasteiger partial charge is 0.0406 e. The molecule has 1 atom stereocenters. The molecule has 1 radical (unpaired) electrons. The number of rotatable bonds is 0. The molecule has 0 aliphatic carbocycles. The van der Waals surface area contributed by atoms with E-state index in [1.165, 1.54) is 13.1 Å². The van der Waals surface area contributed by atoms with Crippen molar-refractivity contribution in [2.45, 2.75) is 6.04 Å². The second kappa shape index (κ2) is 2.86. The summed E-state index contributed by atoms with van der Waals surface area (Å²) >= 11 is 0. The summed E-state index contributed by atoms with van der Waals surface area (Å²) in [5.74, 6) is 0.